The van der Waals surface area contributed by atoms with Crippen LogP contribution >= 0.6 is 0 Å². The van der Waals surface area contributed by atoms with Gasteiger partial charge in [0, 0.05) is 19.6 Å². The second kappa shape index (κ2) is 8.62. The zero-order valence-electron chi connectivity index (χ0n) is 13.0. The van der Waals surface area contributed by atoms with Crippen LogP contribution < -0.4 is 5.32 Å². The van der Waals surface area contributed by atoms with Crippen molar-refractivity contribution in [3.05, 3.63) is 35.6 Å². The van der Waals surface area contributed by atoms with Crippen molar-refractivity contribution in [1.29, 1.82) is 0 Å². The lowest BCUT2D eigenvalue weighted by molar-refractivity contribution is -0.138. The summed E-state index contributed by atoms with van der Waals surface area (Å²) in [6, 6.07) is 5.29. The standard InChI is InChI=1S/C17H22FNO4/c18-13-6-4-12(5-7-13)15(17(21)22)11-19-16(20)9-8-14-3-1-2-10-23-14/h4-7,14-15H,1-3,8-11H2,(H,19,20)(H,21,22). The van der Waals surface area contributed by atoms with E-state index in [0.717, 1.165) is 25.9 Å². The van der Waals surface area contributed by atoms with E-state index < -0.39 is 17.7 Å². The molecule has 126 valence electrons. The van der Waals surface area contributed by atoms with E-state index in [2.05, 4.69) is 5.32 Å². The SMILES string of the molecule is O=C(CCC1CCCCO1)NCC(C(=O)O)c1ccc(F)cc1. The van der Waals surface area contributed by atoms with E-state index in [1.807, 2.05) is 0 Å². The molecule has 0 saturated carbocycles. The molecule has 1 saturated heterocycles. The van der Waals surface area contributed by atoms with Crippen molar-refractivity contribution in [2.45, 2.75) is 44.1 Å². The topological polar surface area (TPSA) is 75.6 Å². The summed E-state index contributed by atoms with van der Waals surface area (Å²) < 4.78 is 18.5. The zero-order valence-corrected chi connectivity index (χ0v) is 13.0. The van der Waals surface area contributed by atoms with Crippen LogP contribution in [0.25, 0.3) is 0 Å². The molecule has 0 bridgehead atoms. The normalized spacial score (nSPS) is 19.1. The molecule has 0 aromatic heterocycles. The van der Waals surface area contributed by atoms with E-state index in [0.29, 0.717) is 18.4 Å². The minimum absolute atomic E-state index is 0.00861. The maximum absolute atomic E-state index is 12.9. The van der Waals surface area contributed by atoms with Crippen molar-refractivity contribution in [3.63, 3.8) is 0 Å². The third-order valence-electron chi connectivity index (χ3n) is 4.04. The minimum Gasteiger partial charge on any atom is -0.481 e. The van der Waals surface area contributed by atoms with Crippen LogP contribution in [-0.2, 0) is 14.3 Å². The molecule has 1 heterocycles. The molecule has 1 aromatic carbocycles. The molecule has 2 unspecified atom stereocenters. The third kappa shape index (κ3) is 5.63. The number of carboxylic acid groups (broad SMARTS) is 1. The average molecular weight is 323 g/mol. The second-order valence-electron chi connectivity index (χ2n) is 5.77. The number of hydrogen-bond donors (Lipinski definition) is 2. The molecule has 23 heavy (non-hydrogen) atoms. The highest BCUT2D eigenvalue weighted by molar-refractivity contribution is 5.79. The van der Waals surface area contributed by atoms with Crippen LogP contribution in [0.2, 0.25) is 0 Å². The maximum Gasteiger partial charge on any atom is 0.312 e. The predicted octanol–water partition coefficient (Wildman–Crippen LogP) is 2.46. The van der Waals surface area contributed by atoms with E-state index in [-0.39, 0.29) is 18.6 Å². The van der Waals surface area contributed by atoms with E-state index >= 15 is 0 Å². The fraction of sp³-hybridized carbons (Fsp3) is 0.529. The summed E-state index contributed by atoms with van der Waals surface area (Å²) in [5, 5.41) is 11.9. The van der Waals surface area contributed by atoms with Crippen molar-refractivity contribution in [3.8, 4) is 0 Å². The number of benzene rings is 1. The van der Waals surface area contributed by atoms with E-state index in [4.69, 9.17) is 4.74 Å². The monoisotopic (exact) mass is 323 g/mol. The smallest absolute Gasteiger partial charge is 0.312 e. The largest absolute Gasteiger partial charge is 0.481 e. The average Bonchev–Trinajstić information content (AvgIpc) is 2.55. The highest BCUT2D eigenvalue weighted by Crippen LogP contribution is 2.18. The van der Waals surface area contributed by atoms with Gasteiger partial charge >= 0.3 is 5.97 Å². The molecule has 0 aliphatic carbocycles. The maximum atomic E-state index is 12.9. The molecule has 1 aliphatic heterocycles. The van der Waals surface area contributed by atoms with Gasteiger partial charge in [0.1, 0.15) is 5.82 Å². The van der Waals surface area contributed by atoms with Crippen molar-refractivity contribution in [1.82, 2.24) is 5.32 Å². The first-order chi connectivity index (χ1) is 11.1. The molecule has 2 rings (SSSR count). The number of halogens is 1. The molecular weight excluding hydrogens is 301 g/mol. The molecule has 5 nitrogen and oxygen atoms in total. The van der Waals surface area contributed by atoms with Gasteiger partial charge < -0.3 is 15.2 Å². The van der Waals surface area contributed by atoms with Crippen LogP contribution in [0.3, 0.4) is 0 Å². The van der Waals surface area contributed by atoms with Crippen LogP contribution in [0.1, 0.15) is 43.6 Å². The lowest BCUT2D eigenvalue weighted by Gasteiger charge is -2.22. The first kappa shape index (κ1) is 17.4. The second-order valence-corrected chi connectivity index (χ2v) is 5.77. The van der Waals surface area contributed by atoms with Gasteiger partial charge in [-0.3, -0.25) is 9.59 Å². The Bertz CT molecular complexity index is 526. The fourth-order valence-corrected chi connectivity index (χ4v) is 2.67. The van der Waals surface area contributed by atoms with Crippen LogP contribution in [0.5, 0.6) is 0 Å². The molecule has 2 atom stereocenters. The lowest BCUT2D eigenvalue weighted by atomic mass is 9.99. The molecule has 0 radical (unpaired) electrons. The van der Waals surface area contributed by atoms with Gasteiger partial charge in [-0.05, 0) is 43.4 Å². The summed E-state index contributed by atoms with van der Waals surface area (Å²) in [5.74, 6) is -2.54. The zero-order chi connectivity index (χ0) is 16.7. The summed E-state index contributed by atoms with van der Waals surface area (Å²) in [4.78, 5) is 23.2. The van der Waals surface area contributed by atoms with Crippen molar-refractivity contribution < 1.29 is 23.8 Å². The van der Waals surface area contributed by atoms with Gasteiger partial charge in [0.25, 0.3) is 0 Å². The Balaban J connectivity index is 1.80. The number of carbonyl (C=O) groups excluding carboxylic acids is 1. The molecule has 1 amide bonds. The molecule has 1 aliphatic rings. The highest BCUT2D eigenvalue weighted by Gasteiger charge is 2.21. The number of hydrogen-bond acceptors (Lipinski definition) is 3. The van der Waals surface area contributed by atoms with Crippen molar-refractivity contribution >= 4 is 11.9 Å². The van der Waals surface area contributed by atoms with E-state index in [9.17, 15) is 19.1 Å². The predicted molar refractivity (Wildman–Crippen MR) is 82.6 cm³/mol. The number of carbonyl (C=O) groups is 2. The van der Waals surface area contributed by atoms with Gasteiger partial charge in [-0.15, -0.1) is 0 Å². The number of aliphatic carboxylic acids is 1. The summed E-state index contributed by atoms with van der Waals surface area (Å²) in [7, 11) is 0. The first-order valence-corrected chi connectivity index (χ1v) is 7.93. The number of ether oxygens (including phenoxy) is 1. The van der Waals surface area contributed by atoms with Gasteiger partial charge in [-0.2, -0.15) is 0 Å². The number of nitrogens with one attached hydrogen (secondary N) is 1. The number of carboxylic acids is 1. The van der Waals surface area contributed by atoms with Gasteiger partial charge in [-0.1, -0.05) is 12.1 Å². The van der Waals surface area contributed by atoms with Crippen LogP contribution in [-0.4, -0.2) is 36.2 Å². The number of amides is 1. The Morgan fingerprint density at radius 1 is 1.30 bits per heavy atom. The Morgan fingerprint density at radius 3 is 2.65 bits per heavy atom. The highest BCUT2D eigenvalue weighted by atomic mass is 19.1. The third-order valence-corrected chi connectivity index (χ3v) is 4.04. The molecule has 1 fully saturated rings. The Labute approximate surface area is 134 Å². The fourth-order valence-electron chi connectivity index (χ4n) is 2.67. The van der Waals surface area contributed by atoms with Crippen molar-refractivity contribution in [2.24, 2.45) is 0 Å². The summed E-state index contributed by atoms with van der Waals surface area (Å²) in [5.41, 5.74) is 0.467. The van der Waals surface area contributed by atoms with Gasteiger partial charge in [0.05, 0.1) is 12.0 Å². The van der Waals surface area contributed by atoms with E-state index in [1.54, 1.807) is 0 Å². The Kier molecular flexibility index (Phi) is 6.52. The molecule has 1 aromatic rings. The number of rotatable bonds is 7. The van der Waals surface area contributed by atoms with Crippen LogP contribution in [0.15, 0.2) is 24.3 Å². The summed E-state index contributed by atoms with van der Waals surface area (Å²) >= 11 is 0. The van der Waals surface area contributed by atoms with Crippen LogP contribution in [0.4, 0.5) is 4.39 Å². The lowest BCUT2D eigenvalue weighted by Crippen LogP contribution is -2.32. The van der Waals surface area contributed by atoms with Crippen molar-refractivity contribution in [2.75, 3.05) is 13.2 Å². The molecule has 0 spiro atoms. The Morgan fingerprint density at radius 2 is 2.04 bits per heavy atom. The quantitative estimate of drug-likeness (QED) is 0.808. The molecular formula is C17H22FNO4. The minimum atomic E-state index is -1.05. The van der Waals surface area contributed by atoms with Gasteiger partial charge in [0.2, 0.25) is 5.91 Å². The molecule has 2 N–H and O–H groups in total. The molecule has 6 heteroatoms. The van der Waals surface area contributed by atoms with E-state index in [1.165, 1.54) is 24.3 Å². The van der Waals surface area contributed by atoms with Gasteiger partial charge in [-0.25, -0.2) is 4.39 Å². The summed E-state index contributed by atoms with van der Waals surface area (Å²) in [6.45, 7) is 0.739. The van der Waals surface area contributed by atoms with Crippen LogP contribution in [0, 0.1) is 5.82 Å². The Hall–Kier alpha value is -1.95. The summed E-state index contributed by atoms with van der Waals surface area (Å²) in [6.07, 6.45) is 4.27. The van der Waals surface area contributed by atoms with Gasteiger partial charge in [0.15, 0.2) is 0 Å². The first-order valence-electron chi connectivity index (χ1n) is 7.93.